The second kappa shape index (κ2) is 21.6. The number of hydrogen-bond acceptors (Lipinski definition) is 3. The lowest BCUT2D eigenvalue weighted by atomic mass is 9.70. The molecule has 7 atom stereocenters. The Morgan fingerprint density at radius 3 is 2.23 bits per heavy atom. The number of aliphatic carboxylic acids is 1. The first-order valence-corrected chi connectivity index (χ1v) is 16.9. The van der Waals surface area contributed by atoms with Crippen molar-refractivity contribution in [2.75, 3.05) is 6.61 Å². The normalized spacial score (nSPS) is 25.6. The van der Waals surface area contributed by atoms with Crippen molar-refractivity contribution in [3.63, 3.8) is 0 Å². The molecule has 0 bridgehead atoms. The van der Waals surface area contributed by atoms with Gasteiger partial charge >= 0.3 is 5.97 Å². The number of hydrogen-bond donors (Lipinski definition) is 2. The largest absolute Gasteiger partial charge is 0.481 e. The molecule has 1 aliphatic rings. The molecule has 0 aromatic heterocycles. The molecule has 1 rings (SSSR count). The molecule has 40 heavy (non-hydrogen) atoms. The summed E-state index contributed by atoms with van der Waals surface area (Å²) in [5, 5.41) is 19.7. The molecule has 0 saturated heterocycles. The van der Waals surface area contributed by atoms with E-state index in [1.54, 1.807) is 6.92 Å². The number of aliphatic hydroxyl groups is 1. The summed E-state index contributed by atoms with van der Waals surface area (Å²) in [7, 11) is 0. The maximum absolute atomic E-state index is 10.9. The Morgan fingerprint density at radius 1 is 0.875 bits per heavy atom. The quantitative estimate of drug-likeness (QED) is 0.102. The van der Waals surface area contributed by atoms with E-state index in [0.29, 0.717) is 36.2 Å². The fourth-order valence-electron chi connectivity index (χ4n) is 6.24. The van der Waals surface area contributed by atoms with Crippen LogP contribution in [-0.4, -0.2) is 35.0 Å². The summed E-state index contributed by atoms with van der Waals surface area (Å²) in [6.45, 7) is 16.2. The monoisotopic (exact) mass is 562 g/mol. The smallest absolute Gasteiger partial charge is 0.306 e. The third-order valence-electron chi connectivity index (χ3n) is 9.62. The SMILES string of the molecule is CCCCCCCCOC1C(CCC(C)CCC/C(C)=C/CC/C(C)=C/CCC(C)C(=O)O)CC(O)C(C)C1C. The van der Waals surface area contributed by atoms with Crippen LogP contribution in [-0.2, 0) is 9.53 Å². The second-order valence-corrected chi connectivity index (χ2v) is 13.4. The number of allylic oxidation sites excluding steroid dienone is 4. The molecule has 4 nitrogen and oxygen atoms in total. The van der Waals surface area contributed by atoms with E-state index in [2.05, 4.69) is 53.7 Å². The second-order valence-electron chi connectivity index (χ2n) is 13.4. The molecule has 7 unspecified atom stereocenters. The van der Waals surface area contributed by atoms with Crippen LogP contribution < -0.4 is 0 Å². The Balaban J connectivity index is 2.35. The average molecular weight is 563 g/mol. The molecule has 0 heterocycles. The summed E-state index contributed by atoms with van der Waals surface area (Å²) in [4.78, 5) is 10.9. The van der Waals surface area contributed by atoms with Gasteiger partial charge in [-0.15, -0.1) is 0 Å². The highest BCUT2D eigenvalue weighted by Gasteiger charge is 2.40. The lowest BCUT2D eigenvalue weighted by Gasteiger charge is -2.43. The summed E-state index contributed by atoms with van der Waals surface area (Å²) in [5.41, 5.74) is 2.85. The van der Waals surface area contributed by atoms with E-state index < -0.39 is 5.97 Å². The summed E-state index contributed by atoms with van der Waals surface area (Å²) in [6, 6.07) is 0. The van der Waals surface area contributed by atoms with Gasteiger partial charge in [0.15, 0.2) is 0 Å². The van der Waals surface area contributed by atoms with Crippen LogP contribution in [0.3, 0.4) is 0 Å². The van der Waals surface area contributed by atoms with Crippen molar-refractivity contribution in [1.82, 2.24) is 0 Å². The number of unbranched alkanes of at least 4 members (excludes halogenated alkanes) is 5. The van der Waals surface area contributed by atoms with Crippen molar-refractivity contribution < 1.29 is 19.7 Å². The predicted octanol–water partition coefficient (Wildman–Crippen LogP) is 10.1. The van der Waals surface area contributed by atoms with E-state index in [9.17, 15) is 9.90 Å². The van der Waals surface area contributed by atoms with Gasteiger partial charge in [0.1, 0.15) is 0 Å². The van der Waals surface area contributed by atoms with Gasteiger partial charge in [-0.25, -0.2) is 0 Å². The summed E-state index contributed by atoms with van der Waals surface area (Å²) in [5.74, 6) is 0.959. The van der Waals surface area contributed by atoms with Crippen molar-refractivity contribution in [3.8, 4) is 0 Å². The summed E-state index contributed by atoms with van der Waals surface area (Å²) in [6.07, 6.45) is 23.1. The lowest BCUT2D eigenvalue weighted by Crippen LogP contribution is -2.45. The Kier molecular flexibility index (Phi) is 19.9. The predicted molar refractivity (Wildman–Crippen MR) is 171 cm³/mol. The van der Waals surface area contributed by atoms with E-state index in [4.69, 9.17) is 9.84 Å². The minimum absolute atomic E-state index is 0.191. The van der Waals surface area contributed by atoms with Crippen molar-refractivity contribution in [1.29, 1.82) is 0 Å². The van der Waals surface area contributed by atoms with Gasteiger partial charge in [-0.2, -0.15) is 0 Å². The Bertz CT molecular complexity index is 726. The first-order chi connectivity index (χ1) is 19.1. The van der Waals surface area contributed by atoms with Crippen LogP contribution in [0.4, 0.5) is 0 Å². The van der Waals surface area contributed by atoms with Gasteiger partial charge in [-0.05, 0) is 95.3 Å². The van der Waals surface area contributed by atoms with Crippen molar-refractivity contribution in [2.24, 2.45) is 29.6 Å². The van der Waals surface area contributed by atoms with E-state index in [-0.39, 0.29) is 12.0 Å². The Hall–Kier alpha value is -1.13. The van der Waals surface area contributed by atoms with Crippen LogP contribution in [0.15, 0.2) is 23.3 Å². The molecule has 1 aliphatic carbocycles. The minimum Gasteiger partial charge on any atom is -0.481 e. The van der Waals surface area contributed by atoms with Crippen LogP contribution >= 0.6 is 0 Å². The average Bonchev–Trinajstić information content (AvgIpc) is 2.91. The molecular formula is C36H66O4. The number of carboxylic acid groups (broad SMARTS) is 1. The Morgan fingerprint density at radius 2 is 1.52 bits per heavy atom. The molecule has 4 heteroatoms. The third-order valence-corrected chi connectivity index (χ3v) is 9.62. The van der Waals surface area contributed by atoms with Gasteiger partial charge in [0.05, 0.1) is 18.1 Å². The maximum atomic E-state index is 10.9. The zero-order chi connectivity index (χ0) is 29.9. The van der Waals surface area contributed by atoms with E-state index in [0.717, 1.165) is 32.3 Å². The standard InChI is InChI=1S/C36H66O4/c1-8-9-10-11-12-13-25-40-35-32(7)31(6)34(37)26-33(35)24-23-29(4)20-15-19-27(2)17-14-18-28(3)21-16-22-30(5)36(38)39/h17,21,29-35,37H,8-16,18-20,22-26H2,1-7H3,(H,38,39)/b27-17+,28-21+. The molecule has 2 N–H and O–H groups in total. The zero-order valence-electron chi connectivity index (χ0n) is 27.4. The van der Waals surface area contributed by atoms with Crippen LogP contribution in [0, 0.1) is 29.6 Å². The highest BCUT2D eigenvalue weighted by Crippen LogP contribution is 2.39. The van der Waals surface area contributed by atoms with Crippen molar-refractivity contribution in [3.05, 3.63) is 23.3 Å². The fraction of sp³-hybridized carbons (Fsp3) is 0.861. The van der Waals surface area contributed by atoms with Gasteiger partial charge in [0, 0.05) is 6.61 Å². The van der Waals surface area contributed by atoms with Gasteiger partial charge in [0.25, 0.3) is 0 Å². The molecule has 234 valence electrons. The van der Waals surface area contributed by atoms with Crippen LogP contribution in [0.5, 0.6) is 0 Å². The first kappa shape index (κ1) is 36.9. The molecule has 0 aromatic carbocycles. The lowest BCUT2D eigenvalue weighted by molar-refractivity contribution is -0.141. The van der Waals surface area contributed by atoms with Crippen molar-refractivity contribution in [2.45, 2.75) is 163 Å². The molecule has 0 aliphatic heterocycles. The first-order valence-electron chi connectivity index (χ1n) is 16.9. The number of aliphatic hydroxyl groups excluding tert-OH is 1. The van der Waals surface area contributed by atoms with E-state index >= 15 is 0 Å². The third kappa shape index (κ3) is 15.8. The summed E-state index contributed by atoms with van der Waals surface area (Å²) >= 11 is 0. The molecule has 1 saturated carbocycles. The summed E-state index contributed by atoms with van der Waals surface area (Å²) < 4.78 is 6.53. The topological polar surface area (TPSA) is 66.8 Å². The highest BCUT2D eigenvalue weighted by molar-refractivity contribution is 5.69. The number of carboxylic acids is 1. The number of carbonyl (C=O) groups is 1. The minimum atomic E-state index is -0.701. The van der Waals surface area contributed by atoms with Gasteiger partial charge in [0.2, 0.25) is 0 Å². The molecule has 0 spiro atoms. The Labute approximate surface area is 248 Å². The molecule has 0 radical (unpaired) electrons. The maximum Gasteiger partial charge on any atom is 0.306 e. The zero-order valence-corrected chi connectivity index (χ0v) is 27.4. The highest BCUT2D eigenvalue weighted by atomic mass is 16.5. The van der Waals surface area contributed by atoms with Gasteiger partial charge in [-0.1, -0.05) is 103 Å². The molecule has 1 fully saturated rings. The van der Waals surface area contributed by atoms with Gasteiger partial charge < -0.3 is 14.9 Å². The number of rotatable bonds is 22. The van der Waals surface area contributed by atoms with Crippen LogP contribution in [0.1, 0.15) is 151 Å². The van der Waals surface area contributed by atoms with Crippen LogP contribution in [0.2, 0.25) is 0 Å². The number of ether oxygens (including phenoxy) is 1. The molecular weight excluding hydrogens is 496 g/mol. The van der Waals surface area contributed by atoms with E-state index in [1.807, 2.05) is 0 Å². The van der Waals surface area contributed by atoms with Crippen molar-refractivity contribution >= 4 is 5.97 Å². The van der Waals surface area contributed by atoms with Crippen LogP contribution in [0.25, 0.3) is 0 Å². The van der Waals surface area contributed by atoms with E-state index in [1.165, 1.54) is 81.8 Å². The molecule has 0 amide bonds. The van der Waals surface area contributed by atoms with Gasteiger partial charge in [-0.3, -0.25) is 4.79 Å². The molecule has 0 aromatic rings. The fourth-order valence-corrected chi connectivity index (χ4v) is 6.24.